The van der Waals surface area contributed by atoms with Crippen molar-refractivity contribution in [2.75, 3.05) is 19.6 Å². The molecule has 0 spiro atoms. The Labute approximate surface area is 126 Å². The van der Waals surface area contributed by atoms with E-state index >= 15 is 0 Å². The van der Waals surface area contributed by atoms with Crippen LogP contribution in [-0.2, 0) is 6.54 Å². The van der Waals surface area contributed by atoms with Crippen molar-refractivity contribution in [3.63, 3.8) is 0 Å². The van der Waals surface area contributed by atoms with Gasteiger partial charge in [0.15, 0.2) is 0 Å². The first kappa shape index (κ1) is 14.3. The molecule has 4 heteroatoms. The molecule has 0 amide bonds. The van der Waals surface area contributed by atoms with Crippen molar-refractivity contribution in [2.45, 2.75) is 26.8 Å². The molecule has 1 saturated heterocycles. The zero-order valence-corrected chi connectivity index (χ0v) is 12.9. The number of aryl methyl sites for hydroxylation is 2. The highest BCUT2D eigenvalue weighted by Gasteiger charge is 2.22. The van der Waals surface area contributed by atoms with E-state index in [0.29, 0.717) is 5.92 Å². The highest BCUT2D eigenvalue weighted by molar-refractivity contribution is 5.42. The Morgan fingerprint density at radius 2 is 2.10 bits per heavy atom. The fourth-order valence-corrected chi connectivity index (χ4v) is 3.21. The molecule has 1 aliphatic heterocycles. The van der Waals surface area contributed by atoms with E-state index in [9.17, 15) is 0 Å². The summed E-state index contributed by atoms with van der Waals surface area (Å²) in [5.74, 6) is 0.658. The number of aromatic nitrogens is 2. The third-order valence-electron chi connectivity index (χ3n) is 4.33. The maximum absolute atomic E-state index is 5.79. The van der Waals surface area contributed by atoms with Gasteiger partial charge in [0.25, 0.3) is 0 Å². The van der Waals surface area contributed by atoms with Crippen LogP contribution in [0.2, 0.25) is 0 Å². The van der Waals surface area contributed by atoms with Gasteiger partial charge >= 0.3 is 0 Å². The number of benzene rings is 1. The van der Waals surface area contributed by atoms with Gasteiger partial charge in [-0.15, -0.1) is 0 Å². The molecule has 0 radical (unpaired) electrons. The molecule has 2 aromatic rings. The molecule has 0 aliphatic carbocycles. The van der Waals surface area contributed by atoms with Crippen molar-refractivity contribution in [3.8, 4) is 5.69 Å². The minimum absolute atomic E-state index is 0.658. The molecule has 4 nitrogen and oxygen atoms in total. The minimum atomic E-state index is 0.658. The van der Waals surface area contributed by atoms with E-state index in [1.54, 1.807) is 0 Å². The van der Waals surface area contributed by atoms with Crippen LogP contribution >= 0.6 is 0 Å². The minimum Gasteiger partial charge on any atom is -0.330 e. The summed E-state index contributed by atoms with van der Waals surface area (Å²) in [4.78, 5) is 2.50. The molecule has 21 heavy (non-hydrogen) atoms. The van der Waals surface area contributed by atoms with E-state index in [-0.39, 0.29) is 0 Å². The molecule has 0 bridgehead atoms. The Balaban J connectivity index is 1.85. The summed E-state index contributed by atoms with van der Waals surface area (Å²) in [6.07, 6.45) is 1.22. The summed E-state index contributed by atoms with van der Waals surface area (Å²) < 4.78 is 2.06. The Kier molecular flexibility index (Phi) is 4.08. The van der Waals surface area contributed by atoms with Gasteiger partial charge in [0.05, 0.1) is 11.4 Å². The fourth-order valence-electron chi connectivity index (χ4n) is 3.21. The van der Waals surface area contributed by atoms with Crippen LogP contribution in [0.15, 0.2) is 30.3 Å². The lowest BCUT2D eigenvalue weighted by Gasteiger charge is -2.18. The lowest BCUT2D eigenvalue weighted by Crippen LogP contribution is -2.23. The Morgan fingerprint density at radius 1 is 1.29 bits per heavy atom. The number of nitrogens with two attached hydrogens (primary N) is 1. The molecule has 1 fully saturated rings. The summed E-state index contributed by atoms with van der Waals surface area (Å²) in [6, 6.07) is 10.7. The number of para-hydroxylation sites is 1. The van der Waals surface area contributed by atoms with Crippen LogP contribution in [-0.4, -0.2) is 34.3 Å². The van der Waals surface area contributed by atoms with Gasteiger partial charge in [0.1, 0.15) is 0 Å². The first-order valence-corrected chi connectivity index (χ1v) is 7.71. The van der Waals surface area contributed by atoms with Crippen LogP contribution in [0.3, 0.4) is 0 Å². The molecule has 1 aromatic heterocycles. The summed E-state index contributed by atoms with van der Waals surface area (Å²) in [6.45, 7) is 8.19. The third-order valence-corrected chi connectivity index (χ3v) is 4.33. The van der Waals surface area contributed by atoms with Crippen LogP contribution in [0, 0.1) is 19.8 Å². The zero-order valence-electron chi connectivity index (χ0n) is 12.9. The molecule has 0 saturated carbocycles. The summed E-state index contributed by atoms with van der Waals surface area (Å²) in [7, 11) is 0. The van der Waals surface area contributed by atoms with Gasteiger partial charge in [-0.25, -0.2) is 4.68 Å². The van der Waals surface area contributed by atoms with Gasteiger partial charge in [0, 0.05) is 18.8 Å². The summed E-state index contributed by atoms with van der Waals surface area (Å²) >= 11 is 0. The first-order chi connectivity index (χ1) is 10.2. The second-order valence-corrected chi connectivity index (χ2v) is 6.09. The van der Waals surface area contributed by atoms with Crippen molar-refractivity contribution in [2.24, 2.45) is 11.7 Å². The maximum atomic E-state index is 5.79. The molecule has 112 valence electrons. The number of hydrogen-bond acceptors (Lipinski definition) is 3. The molecule has 3 rings (SSSR count). The van der Waals surface area contributed by atoms with Crippen LogP contribution in [0.5, 0.6) is 0 Å². The SMILES string of the molecule is Cc1cc(C)n(-c2ccccc2CN2CC[C@H](CN)C2)n1. The Bertz CT molecular complexity index is 617. The van der Waals surface area contributed by atoms with Crippen molar-refractivity contribution < 1.29 is 0 Å². The molecule has 2 heterocycles. The van der Waals surface area contributed by atoms with Gasteiger partial charge < -0.3 is 5.73 Å². The standard InChI is InChI=1S/C17H24N4/c1-13-9-14(2)21(19-13)17-6-4-3-5-16(17)12-20-8-7-15(10-18)11-20/h3-6,9,15H,7-8,10-12,18H2,1-2H3/t15-/m1/s1. The highest BCUT2D eigenvalue weighted by Crippen LogP contribution is 2.22. The van der Waals surface area contributed by atoms with Crippen LogP contribution in [0.4, 0.5) is 0 Å². The monoisotopic (exact) mass is 284 g/mol. The average molecular weight is 284 g/mol. The zero-order chi connectivity index (χ0) is 14.8. The number of hydrogen-bond donors (Lipinski definition) is 1. The predicted octanol–water partition coefficient (Wildman–Crippen LogP) is 2.27. The van der Waals surface area contributed by atoms with Gasteiger partial charge in [0.2, 0.25) is 0 Å². The quantitative estimate of drug-likeness (QED) is 0.937. The second-order valence-electron chi connectivity index (χ2n) is 6.09. The molecule has 0 unspecified atom stereocenters. The maximum Gasteiger partial charge on any atom is 0.0693 e. The smallest absolute Gasteiger partial charge is 0.0693 e. The van der Waals surface area contributed by atoms with Crippen molar-refractivity contribution in [3.05, 3.63) is 47.3 Å². The van der Waals surface area contributed by atoms with E-state index in [0.717, 1.165) is 31.9 Å². The summed E-state index contributed by atoms with van der Waals surface area (Å²) in [5, 5.41) is 4.62. The van der Waals surface area contributed by atoms with Crippen molar-refractivity contribution >= 4 is 0 Å². The molecule has 2 N–H and O–H groups in total. The third kappa shape index (κ3) is 3.01. The van der Waals surface area contributed by atoms with Crippen LogP contribution in [0.25, 0.3) is 5.69 Å². The number of nitrogens with zero attached hydrogens (tertiary/aromatic N) is 3. The van der Waals surface area contributed by atoms with Crippen LogP contribution < -0.4 is 5.73 Å². The molecular weight excluding hydrogens is 260 g/mol. The Morgan fingerprint density at radius 3 is 2.76 bits per heavy atom. The molecule has 1 aromatic carbocycles. The highest BCUT2D eigenvalue weighted by atomic mass is 15.3. The van der Waals surface area contributed by atoms with E-state index in [2.05, 4.69) is 51.9 Å². The fraction of sp³-hybridized carbons (Fsp3) is 0.471. The van der Waals surface area contributed by atoms with Gasteiger partial charge in [-0.2, -0.15) is 5.10 Å². The Hall–Kier alpha value is -1.65. The number of likely N-dealkylation sites (tertiary alicyclic amines) is 1. The van der Waals surface area contributed by atoms with Crippen LogP contribution in [0.1, 0.15) is 23.4 Å². The van der Waals surface area contributed by atoms with Gasteiger partial charge in [-0.3, -0.25) is 4.90 Å². The lowest BCUT2D eigenvalue weighted by atomic mass is 10.1. The van der Waals surface area contributed by atoms with E-state index in [4.69, 9.17) is 5.73 Å². The van der Waals surface area contributed by atoms with Gasteiger partial charge in [-0.1, -0.05) is 18.2 Å². The van der Waals surface area contributed by atoms with Crippen molar-refractivity contribution in [1.82, 2.24) is 14.7 Å². The predicted molar refractivity (Wildman–Crippen MR) is 85.5 cm³/mol. The molecule has 1 atom stereocenters. The first-order valence-electron chi connectivity index (χ1n) is 7.71. The number of rotatable bonds is 4. The van der Waals surface area contributed by atoms with E-state index < -0.39 is 0 Å². The van der Waals surface area contributed by atoms with Gasteiger partial charge in [-0.05, 0) is 57.0 Å². The average Bonchev–Trinajstić information content (AvgIpc) is 3.06. The largest absolute Gasteiger partial charge is 0.330 e. The molecule has 1 aliphatic rings. The van der Waals surface area contributed by atoms with E-state index in [1.165, 1.54) is 23.4 Å². The molecular formula is C17H24N4. The topological polar surface area (TPSA) is 47.1 Å². The second kappa shape index (κ2) is 6.00. The summed E-state index contributed by atoms with van der Waals surface area (Å²) in [5.41, 5.74) is 10.6. The van der Waals surface area contributed by atoms with E-state index in [1.807, 2.05) is 6.92 Å². The van der Waals surface area contributed by atoms with Crippen molar-refractivity contribution in [1.29, 1.82) is 0 Å². The normalized spacial score (nSPS) is 19.3. The lowest BCUT2D eigenvalue weighted by molar-refractivity contribution is 0.317.